The van der Waals surface area contributed by atoms with Crippen molar-refractivity contribution in [3.8, 4) is 12.3 Å². The topological polar surface area (TPSA) is 102 Å². The fraction of sp³-hybridized carbons (Fsp3) is 0.773. The van der Waals surface area contributed by atoms with E-state index in [0.717, 1.165) is 0 Å². The zero-order valence-electron chi connectivity index (χ0n) is 19.6. The van der Waals surface area contributed by atoms with Crippen molar-refractivity contribution in [1.29, 1.82) is 0 Å². The number of aliphatic hydroxyl groups excluding tert-OH is 1. The number of ether oxygens (including phenoxy) is 1. The van der Waals surface area contributed by atoms with Gasteiger partial charge < -0.3 is 9.84 Å². The van der Waals surface area contributed by atoms with Crippen molar-refractivity contribution in [3.63, 3.8) is 0 Å². The number of aliphatic hydroxyl groups is 1. The first-order valence-corrected chi connectivity index (χ1v) is 12.5. The summed E-state index contributed by atoms with van der Waals surface area (Å²) in [7, 11) is -4.44. The molecule has 0 fully saturated rings. The summed E-state index contributed by atoms with van der Waals surface area (Å²) in [4.78, 5) is 22.1. The predicted octanol–water partition coefficient (Wildman–Crippen LogP) is 3.44. The number of hydroxylamine groups is 3. The number of phosphoric ester groups is 1. The van der Waals surface area contributed by atoms with Crippen molar-refractivity contribution in [2.24, 2.45) is 17.8 Å². The van der Waals surface area contributed by atoms with E-state index >= 15 is 0 Å². The Hall–Kier alpha value is -1.20. The van der Waals surface area contributed by atoms with Crippen molar-refractivity contribution in [2.75, 3.05) is 19.6 Å². The molecule has 0 radical (unpaired) electrons. The van der Waals surface area contributed by atoms with Crippen molar-refractivity contribution in [3.05, 3.63) is 12.2 Å². The highest BCUT2D eigenvalue weighted by atomic mass is 31.2. The minimum Gasteiger partial charge on any atom is -0.458 e. The van der Waals surface area contributed by atoms with Gasteiger partial charge in [0.25, 0.3) is 0 Å². The maximum absolute atomic E-state index is 12.9. The van der Waals surface area contributed by atoms with E-state index in [0.29, 0.717) is 32.5 Å². The molecule has 1 heterocycles. The average molecular weight is 461 g/mol. The van der Waals surface area contributed by atoms with Crippen LogP contribution < -0.4 is 0 Å². The first kappa shape index (κ1) is 27.8. The fourth-order valence-corrected chi connectivity index (χ4v) is 5.33. The molecule has 0 bridgehead atoms. The quantitative estimate of drug-likeness (QED) is 0.143. The lowest BCUT2D eigenvalue weighted by molar-refractivity contribution is -1.08. The Bertz CT molecular complexity index is 692. The summed E-state index contributed by atoms with van der Waals surface area (Å²) in [5.74, 6) is 1.32. The Morgan fingerprint density at radius 2 is 1.84 bits per heavy atom. The van der Waals surface area contributed by atoms with E-state index in [1.54, 1.807) is 6.92 Å². The molecule has 0 aromatic heterocycles. The van der Waals surface area contributed by atoms with Crippen LogP contribution >= 0.6 is 7.82 Å². The number of esters is 1. The lowest BCUT2D eigenvalue weighted by Crippen LogP contribution is -2.46. The molecular formula is C22H39NO7P+. The van der Waals surface area contributed by atoms with Crippen molar-refractivity contribution < 1.29 is 37.9 Å². The number of nitrogens with zero attached hydrogens (tertiary/aromatic N) is 1. The number of hydrogen-bond donors (Lipinski definition) is 2. The molecule has 0 spiro atoms. The summed E-state index contributed by atoms with van der Waals surface area (Å²) in [5.41, 5.74) is 0. The van der Waals surface area contributed by atoms with Crippen LogP contribution in [0.3, 0.4) is 0 Å². The maximum Gasteiger partial charge on any atom is 0.518 e. The highest BCUT2D eigenvalue weighted by molar-refractivity contribution is 7.47. The number of carbonyl (C=O) groups is 1. The van der Waals surface area contributed by atoms with Gasteiger partial charge in [0, 0.05) is 17.9 Å². The number of rotatable bonds is 13. The van der Waals surface area contributed by atoms with Gasteiger partial charge >= 0.3 is 13.8 Å². The Morgan fingerprint density at radius 1 is 1.26 bits per heavy atom. The molecule has 0 aromatic rings. The third-order valence-electron chi connectivity index (χ3n) is 6.30. The number of terminal acetylenes is 1. The lowest BCUT2D eigenvalue weighted by Gasteiger charge is -2.35. The van der Waals surface area contributed by atoms with Gasteiger partial charge in [0.1, 0.15) is 31.8 Å². The second kappa shape index (κ2) is 12.2. The Balaban J connectivity index is 2.95. The molecule has 0 saturated heterocycles. The monoisotopic (exact) mass is 460 g/mol. The van der Waals surface area contributed by atoms with Crippen LogP contribution in [-0.4, -0.2) is 58.6 Å². The van der Waals surface area contributed by atoms with Crippen LogP contribution in [-0.2, 0) is 23.2 Å². The molecule has 7 atom stereocenters. The number of hydrogen-bond acceptors (Lipinski definition) is 6. The van der Waals surface area contributed by atoms with E-state index in [4.69, 9.17) is 20.3 Å². The summed E-state index contributed by atoms with van der Waals surface area (Å²) in [6, 6.07) is 0. The molecule has 1 aliphatic heterocycles. The van der Waals surface area contributed by atoms with Crippen LogP contribution in [0.4, 0.5) is 0 Å². The van der Waals surface area contributed by atoms with Crippen molar-refractivity contribution in [1.82, 2.24) is 0 Å². The Morgan fingerprint density at radius 3 is 2.35 bits per heavy atom. The van der Waals surface area contributed by atoms with Gasteiger partial charge in [-0.25, -0.2) is 9.36 Å². The molecule has 1 rings (SSSR count). The molecule has 8 nitrogen and oxygen atoms in total. The first-order valence-electron chi connectivity index (χ1n) is 11.1. The average Bonchev–Trinajstić information content (AvgIpc) is 2.75. The number of quaternary nitrogens is 1. The summed E-state index contributed by atoms with van der Waals surface area (Å²) in [6.45, 7) is 12.7. The molecule has 0 saturated carbocycles. The van der Waals surface area contributed by atoms with E-state index in [1.165, 1.54) is 6.08 Å². The third kappa shape index (κ3) is 8.02. The molecular weight excluding hydrogens is 421 g/mol. The predicted molar refractivity (Wildman–Crippen MR) is 118 cm³/mol. The van der Waals surface area contributed by atoms with E-state index in [-0.39, 0.29) is 28.6 Å². The van der Waals surface area contributed by atoms with Crippen LogP contribution in [0.2, 0.25) is 0 Å². The molecule has 2 N–H and O–H groups in total. The Kier molecular flexibility index (Phi) is 10.9. The van der Waals surface area contributed by atoms with Crippen LogP contribution in [0.15, 0.2) is 12.2 Å². The van der Waals surface area contributed by atoms with Gasteiger partial charge in [-0.3, -0.25) is 9.42 Å². The minimum atomic E-state index is -4.44. The Labute approximate surface area is 186 Å². The summed E-state index contributed by atoms with van der Waals surface area (Å²) < 4.78 is 29.4. The molecule has 31 heavy (non-hydrogen) atoms. The van der Waals surface area contributed by atoms with Gasteiger partial charge in [-0.2, -0.15) is 4.65 Å². The third-order valence-corrected chi connectivity index (χ3v) is 7.39. The van der Waals surface area contributed by atoms with Crippen molar-refractivity contribution >= 4 is 13.8 Å². The van der Waals surface area contributed by atoms with Crippen LogP contribution in [0.25, 0.3) is 0 Å². The number of cyclic esters (lactones) is 1. The second-order valence-electron chi connectivity index (χ2n) is 8.35. The van der Waals surface area contributed by atoms with Gasteiger partial charge in [0.05, 0.1) is 6.10 Å². The van der Waals surface area contributed by atoms with E-state index in [1.807, 2.05) is 40.7 Å². The highest BCUT2D eigenvalue weighted by Crippen LogP contribution is 2.49. The zero-order valence-corrected chi connectivity index (χ0v) is 20.5. The first-order chi connectivity index (χ1) is 14.4. The molecule has 9 heteroatoms. The number of phosphoric acid groups is 1. The van der Waals surface area contributed by atoms with E-state index < -0.39 is 25.9 Å². The van der Waals surface area contributed by atoms with Crippen LogP contribution in [0.1, 0.15) is 54.4 Å². The van der Waals surface area contributed by atoms with Crippen LogP contribution in [0.5, 0.6) is 0 Å². The molecule has 0 aliphatic carbocycles. The van der Waals surface area contributed by atoms with Gasteiger partial charge in [0.15, 0.2) is 0 Å². The van der Waals surface area contributed by atoms with E-state index in [2.05, 4.69) is 5.92 Å². The molecule has 1 unspecified atom stereocenters. The number of carbonyl (C=O) groups excluding carboxylic acids is 1. The van der Waals surface area contributed by atoms with Crippen LogP contribution in [0, 0.1) is 30.1 Å². The molecule has 1 aliphatic rings. The summed E-state index contributed by atoms with van der Waals surface area (Å²) in [6.07, 6.45) is 7.22. The fourth-order valence-electron chi connectivity index (χ4n) is 3.87. The maximum atomic E-state index is 12.9. The van der Waals surface area contributed by atoms with Gasteiger partial charge in [-0.15, -0.1) is 6.42 Å². The second-order valence-corrected chi connectivity index (χ2v) is 9.66. The summed E-state index contributed by atoms with van der Waals surface area (Å²) >= 11 is 0. The standard InChI is InChI=1S/C22H38NO7P/c1-8-19(24)18(7)20(29-31(26,27)30-23(9-2,10-3)11-4)14-12-16(5)22-17(6)13-15-21(25)28-22/h1,13,15-20,22,24H,9-12,14H2,2-7H3/p+1/t16-,17-,18-,19-,20-,22-/m0/s1. The van der Waals surface area contributed by atoms with Gasteiger partial charge in [0.2, 0.25) is 0 Å². The van der Waals surface area contributed by atoms with Gasteiger partial charge in [-0.05, 0) is 39.5 Å². The molecule has 0 amide bonds. The van der Waals surface area contributed by atoms with Crippen molar-refractivity contribution in [2.45, 2.75) is 72.7 Å². The van der Waals surface area contributed by atoms with Gasteiger partial charge in [-0.1, -0.05) is 37.4 Å². The molecule has 0 aromatic carbocycles. The highest BCUT2D eigenvalue weighted by Gasteiger charge is 2.41. The normalized spacial score (nSPS) is 25.1. The molecule has 178 valence electrons. The smallest absolute Gasteiger partial charge is 0.458 e. The SMILES string of the molecule is C#C[C@H](O)[C@H](C)[C@H](CC[C@H](C)[C@@H]1OC(=O)C=C[C@@H]1C)OP(=O)(O)O[N+](CC)(CC)CC. The summed E-state index contributed by atoms with van der Waals surface area (Å²) in [5, 5.41) is 10.1. The largest absolute Gasteiger partial charge is 0.518 e. The zero-order chi connectivity index (χ0) is 23.8. The lowest BCUT2D eigenvalue weighted by atomic mass is 9.85. The van der Waals surface area contributed by atoms with E-state index in [9.17, 15) is 19.4 Å². The minimum absolute atomic E-state index is 0.0230.